The summed E-state index contributed by atoms with van der Waals surface area (Å²) in [6.07, 6.45) is 8.31. The van der Waals surface area contributed by atoms with Crippen molar-refractivity contribution >= 4 is 17.7 Å². The topological polar surface area (TPSA) is 69.0 Å². The average molecular weight is 469 g/mol. The van der Waals surface area contributed by atoms with Gasteiger partial charge in [-0.05, 0) is 93.9 Å². The van der Waals surface area contributed by atoms with Crippen molar-refractivity contribution in [1.29, 1.82) is 0 Å². The Hall–Kier alpha value is -2.02. The van der Waals surface area contributed by atoms with Crippen LogP contribution >= 0.6 is 11.8 Å². The van der Waals surface area contributed by atoms with Gasteiger partial charge in [0.15, 0.2) is 11.0 Å². The lowest BCUT2D eigenvalue weighted by Gasteiger charge is -2.55. The molecule has 4 aliphatic carbocycles. The zero-order chi connectivity index (χ0) is 23.0. The Bertz CT molecular complexity index is 951. The number of nitrogens with zero attached hydrogens (tertiary/aromatic N) is 3. The number of ether oxygens (including phenoxy) is 1. The Kier molecular flexibility index (Phi) is 6.43. The van der Waals surface area contributed by atoms with Gasteiger partial charge >= 0.3 is 0 Å². The molecule has 4 saturated carbocycles. The van der Waals surface area contributed by atoms with Crippen molar-refractivity contribution in [2.24, 2.45) is 23.2 Å². The van der Waals surface area contributed by atoms with Gasteiger partial charge < -0.3 is 10.1 Å². The summed E-state index contributed by atoms with van der Waals surface area (Å²) in [6, 6.07) is 8.04. The first-order valence-electron chi connectivity index (χ1n) is 12.6. The predicted octanol–water partition coefficient (Wildman–Crippen LogP) is 5.39. The highest BCUT2D eigenvalue weighted by Gasteiger charge is 2.54. The second kappa shape index (κ2) is 9.32. The van der Waals surface area contributed by atoms with Crippen LogP contribution in [0.3, 0.4) is 0 Å². The van der Waals surface area contributed by atoms with Gasteiger partial charge in [0.05, 0.1) is 13.2 Å². The molecule has 4 aliphatic rings. The summed E-state index contributed by atoms with van der Waals surface area (Å²) < 4.78 is 7.70. The highest BCUT2D eigenvalue weighted by atomic mass is 32.2. The maximum Gasteiger partial charge on any atom is 0.226 e. The van der Waals surface area contributed by atoms with Gasteiger partial charge in [-0.2, -0.15) is 0 Å². The second-order valence-corrected chi connectivity index (χ2v) is 11.8. The van der Waals surface area contributed by atoms with Crippen molar-refractivity contribution in [3.05, 3.63) is 30.1 Å². The molecule has 1 N–H and O–H groups in total. The number of amides is 1. The summed E-state index contributed by atoms with van der Waals surface area (Å²) in [5, 5.41) is 13.6. The van der Waals surface area contributed by atoms with Crippen LogP contribution in [0.1, 0.15) is 71.5 Å². The fraction of sp³-hybridized carbons (Fsp3) is 0.654. The molecule has 7 heteroatoms. The van der Waals surface area contributed by atoms with Crippen LogP contribution in [0, 0.1) is 23.2 Å². The maximum absolute atomic E-state index is 13.5. The molecule has 4 bridgehead atoms. The number of carbonyl (C=O) groups excluding carboxylic acids is 1. The standard InChI is InChI=1S/C26H36N4O2S/c1-4-17(3)33-25-29-28-23(30(25)21-6-8-22(9-7-21)32-5-2)16-27-24(31)26-13-18-10-19(14-26)12-20(11-18)15-26/h6-9,17-20H,4-5,10-16H2,1-3H3,(H,27,31). The van der Waals surface area contributed by atoms with Crippen molar-refractivity contribution in [2.75, 3.05) is 6.61 Å². The summed E-state index contributed by atoms with van der Waals surface area (Å²) in [6.45, 7) is 7.42. The highest BCUT2D eigenvalue weighted by molar-refractivity contribution is 7.99. The molecule has 1 aromatic carbocycles. The third kappa shape index (κ3) is 4.53. The number of thioether (sulfide) groups is 1. The van der Waals surface area contributed by atoms with Crippen LogP contribution in [-0.2, 0) is 11.3 Å². The Balaban J connectivity index is 1.36. The Morgan fingerprint density at radius 2 is 1.76 bits per heavy atom. The van der Waals surface area contributed by atoms with Crippen molar-refractivity contribution in [1.82, 2.24) is 20.1 Å². The minimum atomic E-state index is -0.146. The molecule has 1 unspecified atom stereocenters. The van der Waals surface area contributed by atoms with Crippen molar-refractivity contribution < 1.29 is 9.53 Å². The molecular weight excluding hydrogens is 432 g/mol. The van der Waals surface area contributed by atoms with Crippen LogP contribution < -0.4 is 10.1 Å². The number of rotatable bonds is 9. The summed E-state index contributed by atoms with van der Waals surface area (Å²) in [5.74, 6) is 4.14. The third-order valence-electron chi connectivity index (χ3n) is 7.91. The fourth-order valence-corrected chi connectivity index (χ4v) is 7.54. The van der Waals surface area contributed by atoms with E-state index in [4.69, 9.17) is 4.74 Å². The lowest BCUT2D eigenvalue weighted by Crippen LogP contribution is -2.53. The van der Waals surface area contributed by atoms with Gasteiger partial charge in [0, 0.05) is 16.4 Å². The van der Waals surface area contributed by atoms with Crippen LogP contribution in [0.4, 0.5) is 0 Å². The number of hydrogen-bond acceptors (Lipinski definition) is 5. The molecular formula is C26H36N4O2S. The molecule has 0 spiro atoms. The molecule has 1 heterocycles. The SMILES string of the molecule is CCOc1ccc(-n2c(CNC(=O)C34CC5CC(CC(C5)C3)C4)nnc2SC(C)CC)cc1. The van der Waals surface area contributed by atoms with Gasteiger partial charge in [0.25, 0.3) is 0 Å². The first-order chi connectivity index (χ1) is 16.0. The van der Waals surface area contributed by atoms with E-state index in [0.29, 0.717) is 18.4 Å². The lowest BCUT2D eigenvalue weighted by atomic mass is 9.49. The van der Waals surface area contributed by atoms with Crippen LogP contribution in [-0.4, -0.2) is 32.5 Å². The molecule has 0 saturated heterocycles. The quantitative estimate of drug-likeness (QED) is 0.500. The van der Waals surface area contributed by atoms with Crippen LogP contribution in [0.25, 0.3) is 5.69 Å². The zero-order valence-corrected chi connectivity index (χ0v) is 20.9. The molecule has 178 valence electrons. The molecule has 4 fully saturated rings. The molecule has 1 atom stereocenters. The van der Waals surface area contributed by atoms with Crippen molar-refractivity contribution in [3.63, 3.8) is 0 Å². The van der Waals surface area contributed by atoms with Crippen LogP contribution in [0.15, 0.2) is 29.4 Å². The molecule has 6 nitrogen and oxygen atoms in total. The summed E-state index contributed by atoms with van der Waals surface area (Å²) in [7, 11) is 0. The Labute approximate surface area is 201 Å². The number of aromatic nitrogens is 3. The summed E-state index contributed by atoms with van der Waals surface area (Å²) >= 11 is 1.73. The van der Waals surface area contributed by atoms with E-state index in [2.05, 4.69) is 33.9 Å². The summed E-state index contributed by atoms with van der Waals surface area (Å²) in [5.41, 5.74) is 0.848. The largest absolute Gasteiger partial charge is 0.494 e. The molecule has 33 heavy (non-hydrogen) atoms. The minimum absolute atomic E-state index is 0.146. The summed E-state index contributed by atoms with van der Waals surface area (Å²) in [4.78, 5) is 13.5. The van der Waals surface area contributed by atoms with Gasteiger partial charge in [0.1, 0.15) is 5.75 Å². The number of carbonyl (C=O) groups is 1. The molecule has 1 aromatic heterocycles. The lowest BCUT2D eigenvalue weighted by molar-refractivity contribution is -0.146. The maximum atomic E-state index is 13.5. The van der Waals surface area contributed by atoms with Crippen molar-refractivity contribution in [3.8, 4) is 11.4 Å². The first-order valence-corrected chi connectivity index (χ1v) is 13.5. The fourth-order valence-electron chi connectivity index (χ4n) is 6.61. The molecule has 0 radical (unpaired) electrons. The minimum Gasteiger partial charge on any atom is -0.494 e. The smallest absolute Gasteiger partial charge is 0.226 e. The molecule has 1 amide bonds. The average Bonchev–Trinajstić information content (AvgIpc) is 3.19. The van der Waals surface area contributed by atoms with E-state index in [9.17, 15) is 4.79 Å². The van der Waals surface area contributed by atoms with E-state index in [-0.39, 0.29) is 11.3 Å². The van der Waals surface area contributed by atoms with Crippen LogP contribution in [0.5, 0.6) is 5.75 Å². The van der Waals surface area contributed by atoms with Crippen LogP contribution in [0.2, 0.25) is 0 Å². The van der Waals surface area contributed by atoms with Gasteiger partial charge in [-0.1, -0.05) is 25.6 Å². The predicted molar refractivity (Wildman–Crippen MR) is 131 cm³/mol. The van der Waals surface area contributed by atoms with Crippen molar-refractivity contribution in [2.45, 2.75) is 82.7 Å². The molecule has 6 rings (SSSR count). The normalized spacial score (nSPS) is 28.6. The first kappa shape index (κ1) is 22.8. The highest BCUT2D eigenvalue weighted by Crippen LogP contribution is 2.60. The number of hydrogen-bond donors (Lipinski definition) is 1. The zero-order valence-electron chi connectivity index (χ0n) is 20.0. The number of benzene rings is 1. The van der Waals surface area contributed by atoms with E-state index >= 15 is 0 Å². The molecule has 2 aromatic rings. The van der Waals surface area contributed by atoms with Gasteiger partial charge in [-0.15, -0.1) is 10.2 Å². The van der Waals surface area contributed by atoms with E-state index in [1.807, 2.05) is 31.2 Å². The Morgan fingerprint density at radius 3 is 2.33 bits per heavy atom. The molecule has 0 aliphatic heterocycles. The third-order valence-corrected chi connectivity index (χ3v) is 9.13. The second-order valence-electron chi connectivity index (χ2n) is 10.4. The van der Waals surface area contributed by atoms with E-state index in [1.54, 1.807) is 11.8 Å². The van der Waals surface area contributed by atoms with E-state index in [0.717, 1.165) is 65.9 Å². The monoisotopic (exact) mass is 468 g/mol. The van der Waals surface area contributed by atoms with Gasteiger partial charge in [-0.3, -0.25) is 9.36 Å². The van der Waals surface area contributed by atoms with Gasteiger partial charge in [-0.25, -0.2) is 0 Å². The Morgan fingerprint density at radius 1 is 1.12 bits per heavy atom. The van der Waals surface area contributed by atoms with Gasteiger partial charge in [0.2, 0.25) is 5.91 Å². The van der Waals surface area contributed by atoms with E-state index < -0.39 is 0 Å². The van der Waals surface area contributed by atoms with E-state index in [1.165, 1.54) is 19.3 Å². The number of nitrogens with one attached hydrogen (secondary N) is 1.